The molecule has 5 heteroatoms. The Kier molecular flexibility index (Phi) is 3.25. The third-order valence-corrected chi connectivity index (χ3v) is 2.24. The van der Waals surface area contributed by atoms with Crippen molar-refractivity contribution in [3.8, 4) is 0 Å². The van der Waals surface area contributed by atoms with Crippen LogP contribution in [0.15, 0.2) is 0 Å². The number of carbonyl (C=O) groups is 2. The number of aliphatic carboxylic acids is 2. The number of carboxylic acids is 2. The molecule has 2 N–H and O–H groups in total. The van der Waals surface area contributed by atoms with Crippen LogP contribution in [0.1, 0.15) is 19.3 Å². The van der Waals surface area contributed by atoms with Crippen LogP contribution in [0, 0.1) is 0 Å². The topological polar surface area (TPSA) is 77.8 Å². The molecule has 0 saturated carbocycles. The molecule has 0 aromatic heterocycles. The molecular formula is C8H13NO4. The van der Waals surface area contributed by atoms with Crippen LogP contribution in [-0.2, 0) is 9.59 Å². The highest BCUT2D eigenvalue weighted by atomic mass is 16.4. The number of carboxylic acid groups (broad SMARTS) is 2. The third kappa shape index (κ3) is 2.69. The van der Waals surface area contributed by atoms with E-state index in [1.807, 2.05) is 0 Å². The SMILES string of the molecule is O=C(O)CN1CCCCC1C(=O)O. The maximum Gasteiger partial charge on any atom is 0.320 e. The second-order valence-electron chi connectivity index (χ2n) is 3.21. The Morgan fingerprint density at radius 1 is 1.31 bits per heavy atom. The highest BCUT2D eigenvalue weighted by molar-refractivity contribution is 5.75. The molecule has 13 heavy (non-hydrogen) atoms. The van der Waals surface area contributed by atoms with E-state index in [0.29, 0.717) is 13.0 Å². The monoisotopic (exact) mass is 187 g/mol. The summed E-state index contributed by atoms with van der Waals surface area (Å²) in [6, 6.07) is -0.607. The molecule has 74 valence electrons. The quantitative estimate of drug-likeness (QED) is 0.650. The van der Waals surface area contributed by atoms with Gasteiger partial charge in [-0.1, -0.05) is 6.42 Å². The van der Waals surface area contributed by atoms with Gasteiger partial charge in [0.2, 0.25) is 0 Å². The van der Waals surface area contributed by atoms with Gasteiger partial charge in [-0.2, -0.15) is 0 Å². The molecule has 1 aliphatic rings. The first-order valence-corrected chi connectivity index (χ1v) is 4.30. The first-order chi connectivity index (χ1) is 6.11. The summed E-state index contributed by atoms with van der Waals surface area (Å²) >= 11 is 0. The van der Waals surface area contributed by atoms with Crippen molar-refractivity contribution < 1.29 is 19.8 Å². The average molecular weight is 187 g/mol. The van der Waals surface area contributed by atoms with Crippen molar-refractivity contribution in [2.75, 3.05) is 13.1 Å². The van der Waals surface area contributed by atoms with Gasteiger partial charge in [-0.3, -0.25) is 14.5 Å². The minimum atomic E-state index is -0.965. The second-order valence-corrected chi connectivity index (χ2v) is 3.21. The summed E-state index contributed by atoms with van der Waals surface area (Å²) in [5.74, 6) is -1.88. The Morgan fingerprint density at radius 3 is 2.54 bits per heavy atom. The van der Waals surface area contributed by atoms with E-state index < -0.39 is 18.0 Å². The number of rotatable bonds is 3. The maximum absolute atomic E-state index is 10.7. The Morgan fingerprint density at radius 2 is 2.00 bits per heavy atom. The van der Waals surface area contributed by atoms with Crippen LogP contribution in [0.25, 0.3) is 0 Å². The lowest BCUT2D eigenvalue weighted by Crippen LogP contribution is -2.46. The van der Waals surface area contributed by atoms with Gasteiger partial charge in [-0.15, -0.1) is 0 Å². The van der Waals surface area contributed by atoms with Crippen molar-refractivity contribution in [1.29, 1.82) is 0 Å². The first-order valence-electron chi connectivity index (χ1n) is 4.30. The van der Waals surface area contributed by atoms with Gasteiger partial charge in [0.25, 0.3) is 0 Å². The van der Waals surface area contributed by atoms with Crippen molar-refractivity contribution in [3.05, 3.63) is 0 Å². The summed E-state index contributed by atoms with van der Waals surface area (Å²) in [7, 11) is 0. The minimum Gasteiger partial charge on any atom is -0.480 e. The van der Waals surface area contributed by atoms with Crippen LogP contribution < -0.4 is 0 Å². The highest BCUT2D eigenvalue weighted by Gasteiger charge is 2.29. The van der Waals surface area contributed by atoms with E-state index in [-0.39, 0.29) is 6.54 Å². The van der Waals surface area contributed by atoms with Gasteiger partial charge in [0.15, 0.2) is 0 Å². The zero-order valence-corrected chi connectivity index (χ0v) is 7.27. The molecule has 0 bridgehead atoms. The van der Waals surface area contributed by atoms with Gasteiger partial charge in [0.05, 0.1) is 6.54 Å². The minimum absolute atomic E-state index is 0.170. The largest absolute Gasteiger partial charge is 0.480 e. The van der Waals surface area contributed by atoms with E-state index in [1.165, 1.54) is 4.90 Å². The molecule has 1 atom stereocenters. The van der Waals surface area contributed by atoms with Gasteiger partial charge >= 0.3 is 11.9 Å². The van der Waals surface area contributed by atoms with E-state index in [9.17, 15) is 9.59 Å². The zero-order valence-electron chi connectivity index (χ0n) is 7.27. The van der Waals surface area contributed by atoms with Crippen LogP contribution >= 0.6 is 0 Å². The van der Waals surface area contributed by atoms with E-state index in [2.05, 4.69) is 0 Å². The fourth-order valence-electron chi connectivity index (χ4n) is 1.63. The van der Waals surface area contributed by atoms with Crippen LogP contribution in [0.2, 0.25) is 0 Å². The fraction of sp³-hybridized carbons (Fsp3) is 0.750. The molecule has 0 spiro atoms. The molecule has 0 amide bonds. The molecule has 0 aromatic rings. The summed E-state index contributed by atoms with van der Waals surface area (Å²) in [6.07, 6.45) is 2.31. The molecule has 0 aliphatic carbocycles. The lowest BCUT2D eigenvalue weighted by molar-refractivity contribution is -0.147. The van der Waals surface area contributed by atoms with E-state index in [4.69, 9.17) is 10.2 Å². The predicted octanol–water partition coefficient (Wildman–Crippen LogP) is 0.0101. The standard InChI is InChI=1S/C8H13NO4/c10-7(11)5-9-4-2-1-3-6(9)8(12)13/h6H,1-5H2,(H,10,11)(H,12,13). The van der Waals surface area contributed by atoms with Gasteiger partial charge in [-0.25, -0.2) is 0 Å². The molecule has 0 aromatic carbocycles. The number of nitrogens with zero attached hydrogens (tertiary/aromatic N) is 1. The highest BCUT2D eigenvalue weighted by Crippen LogP contribution is 2.16. The number of hydrogen-bond donors (Lipinski definition) is 2. The van der Waals surface area contributed by atoms with Crippen molar-refractivity contribution in [3.63, 3.8) is 0 Å². The molecule has 1 heterocycles. The van der Waals surface area contributed by atoms with Crippen molar-refractivity contribution in [2.24, 2.45) is 0 Å². The Balaban J connectivity index is 2.56. The smallest absolute Gasteiger partial charge is 0.320 e. The normalized spacial score (nSPS) is 24.2. The second kappa shape index (κ2) is 4.23. The summed E-state index contributed by atoms with van der Waals surface area (Å²) in [4.78, 5) is 22.6. The predicted molar refractivity (Wildman–Crippen MR) is 44.5 cm³/mol. The summed E-state index contributed by atoms with van der Waals surface area (Å²) < 4.78 is 0. The van der Waals surface area contributed by atoms with Crippen LogP contribution in [0.5, 0.6) is 0 Å². The molecule has 1 saturated heterocycles. The van der Waals surface area contributed by atoms with Crippen molar-refractivity contribution >= 4 is 11.9 Å². The maximum atomic E-state index is 10.7. The van der Waals surface area contributed by atoms with Crippen LogP contribution in [-0.4, -0.2) is 46.2 Å². The first kappa shape index (κ1) is 9.98. The average Bonchev–Trinajstić information content (AvgIpc) is 2.03. The number of piperidine rings is 1. The zero-order chi connectivity index (χ0) is 9.84. The molecule has 1 aliphatic heterocycles. The van der Waals surface area contributed by atoms with Gasteiger partial charge < -0.3 is 10.2 Å². The molecule has 1 fully saturated rings. The van der Waals surface area contributed by atoms with Gasteiger partial charge in [0, 0.05) is 0 Å². The molecular weight excluding hydrogens is 174 g/mol. The molecule has 0 radical (unpaired) electrons. The Hall–Kier alpha value is -1.10. The van der Waals surface area contributed by atoms with E-state index >= 15 is 0 Å². The summed E-state index contributed by atoms with van der Waals surface area (Å²) in [5, 5.41) is 17.3. The van der Waals surface area contributed by atoms with Crippen molar-refractivity contribution in [1.82, 2.24) is 4.90 Å². The molecule has 5 nitrogen and oxygen atoms in total. The van der Waals surface area contributed by atoms with Gasteiger partial charge in [0.1, 0.15) is 6.04 Å². The van der Waals surface area contributed by atoms with Crippen LogP contribution in [0.4, 0.5) is 0 Å². The van der Waals surface area contributed by atoms with Crippen LogP contribution in [0.3, 0.4) is 0 Å². The Bertz CT molecular complexity index is 216. The summed E-state index contributed by atoms with van der Waals surface area (Å²) in [6.45, 7) is 0.403. The van der Waals surface area contributed by atoms with Gasteiger partial charge in [-0.05, 0) is 19.4 Å². The van der Waals surface area contributed by atoms with E-state index in [1.54, 1.807) is 0 Å². The number of likely N-dealkylation sites (tertiary alicyclic amines) is 1. The molecule has 1 rings (SSSR count). The number of hydrogen-bond acceptors (Lipinski definition) is 3. The molecule has 1 unspecified atom stereocenters. The van der Waals surface area contributed by atoms with Crippen molar-refractivity contribution in [2.45, 2.75) is 25.3 Å². The lowest BCUT2D eigenvalue weighted by atomic mass is 10.0. The lowest BCUT2D eigenvalue weighted by Gasteiger charge is -2.31. The fourth-order valence-corrected chi connectivity index (χ4v) is 1.63. The Labute approximate surface area is 76.0 Å². The van der Waals surface area contributed by atoms with E-state index in [0.717, 1.165) is 12.8 Å². The third-order valence-electron chi connectivity index (χ3n) is 2.24. The summed E-state index contributed by atoms with van der Waals surface area (Å²) in [5.41, 5.74) is 0.